The molecule has 2 aliphatic carbocycles. The molecule has 28 heavy (non-hydrogen) atoms. The number of dihydropyridines is 1. The number of rotatable bonds is 1. The Morgan fingerprint density at radius 3 is 2.32 bits per heavy atom. The van der Waals surface area contributed by atoms with E-state index in [1.165, 1.54) is 12.1 Å². The molecule has 0 unspecified atom stereocenters. The first-order chi connectivity index (χ1) is 13.4. The van der Waals surface area contributed by atoms with Gasteiger partial charge in [-0.15, -0.1) is 0 Å². The Bertz CT molecular complexity index is 1110. The van der Waals surface area contributed by atoms with Crippen molar-refractivity contribution in [2.75, 3.05) is 0 Å². The minimum Gasteiger partial charge on any atom is -0.358 e. The monoisotopic (exact) mass is 373 g/mol. The van der Waals surface area contributed by atoms with Crippen LogP contribution in [0.15, 0.2) is 65.4 Å². The van der Waals surface area contributed by atoms with Crippen molar-refractivity contribution in [3.63, 3.8) is 0 Å². The van der Waals surface area contributed by atoms with Gasteiger partial charge in [0.05, 0.1) is 5.70 Å². The van der Waals surface area contributed by atoms with Gasteiger partial charge < -0.3 is 5.32 Å². The maximum atomic E-state index is 13.6. The van der Waals surface area contributed by atoms with Crippen LogP contribution in [0.2, 0.25) is 0 Å². The molecule has 1 atom stereocenters. The minimum atomic E-state index is -0.463. The quantitative estimate of drug-likeness (QED) is 0.784. The van der Waals surface area contributed by atoms with Crippen molar-refractivity contribution in [2.24, 2.45) is 5.41 Å². The minimum absolute atomic E-state index is 0.0587. The van der Waals surface area contributed by atoms with E-state index in [-0.39, 0.29) is 22.8 Å². The number of ketones is 2. The molecule has 1 N–H and O–H groups in total. The Kier molecular flexibility index (Phi) is 3.51. The number of carbonyl (C=O) groups excluding carboxylic acids is 2. The van der Waals surface area contributed by atoms with Crippen LogP contribution in [0, 0.1) is 11.2 Å². The standard InChI is InChI=1S/C24H20FNO2/c1-24(2)11-17-20(18(27)12-24)19(13-7-9-14(25)10-8-13)21-22(26-17)15-5-3-4-6-16(15)23(21)28/h3-10,19,26H,11-12H2,1-2H3/t19-/m0/s1. The molecule has 0 bridgehead atoms. The number of benzene rings is 2. The van der Waals surface area contributed by atoms with Crippen molar-refractivity contribution < 1.29 is 14.0 Å². The molecule has 0 saturated heterocycles. The molecule has 0 aromatic heterocycles. The van der Waals surface area contributed by atoms with Crippen LogP contribution in [0.5, 0.6) is 0 Å². The molecule has 0 radical (unpaired) electrons. The van der Waals surface area contributed by atoms with Gasteiger partial charge in [-0.3, -0.25) is 9.59 Å². The summed E-state index contributed by atoms with van der Waals surface area (Å²) < 4.78 is 13.6. The Morgan fingerprint density at radius 1 is 0.929 bits per heavy atom. The second-order valence-corrected chi connectivity index (χ2v) is 8.61. The summed E-state index contributed by atoms with van der Waals surface area (Å²) in [4.78, 5) is 26.4. The van der Waals surface area contributed by atoms with Gasteiger partial charge in [0, 0.05) is 40.3 Å². The highest BCUT2D eigenvalue weighted by atomic mass is 19.1. The van der Waals surface area contributed by atoms with Gasteiger partial charge in [0.1, 0.15) is 5.82 Å². The SMILES string of the molecule is CC1(C)CC(=O)C2=C(C1)NC1=C(C(=O)c3ccccc31)[C@H]2c1ccc(F)cc1. The lowest BCUT2D eigenvalue weighted by Gasteiger charge is -2.39. The van der Waals surface area contributed by atoms with E-state index in [1.54, 1.807) is 12.1 Å². The highest BCUT2D eigenvalue weighted by Crippen LogP contribution is 2.51. The number of allylic oxidation sites excluding steroid dienone is 3. The van der Waals surface area contributed by atoms with Gasteiger partial charge in [-0.05, 0) is 29.5 Å². The van der Waals surface area contributed by atoms with E-state index < -0.39 is 5.92 Å². The maximum Gasteiger partial charge on any atom is 0.192 e. The predicted molar refractivity (Wildman–Crippen MR) is 105 cm³/mol. The molecule has 2 aromatic carbocycles. The van der Waals surface area contributed by atoms with Gasteiger partial charge in [0.2, 0.25) is 0 Å². The fraction of sp³-hybridized carbons (Fsp3) is 0.250. The fourth-order valence-electron chi connectivity index (χ4n) is 4.78. The number of carbonyl (C=O) groups is 2. The van der Waals surface area contributed by atoms with E-state index in [9.17, 15) is 14.0 Å². The summed E-state index contributed by atoms with van der Waals surface area (Å²) in [6.07, 6.45) is 1.17. The van der Waals surface area contributed by atoms with Gasteiger partial charge in [-0.2, -0.15) is 0 Å². The molecule has 5 rings (SSSR count). The average Bonchev–Trinajstić information content (AvgIpc) is 2.93. The molecule has 0 fully saturated rings. The Labute approximate surface area is 163 Å². The molecule has 140 valence electrons. The first kappa shape index (κ1) is 17.1. The molecule has 3 aliphatic rings. The van der Waals surface area contributed by atoms with Crippen LogP contribution in [0.25, 0.3) is 5.70 Å². The van der Waals surface area contributed by atoms with Gasteiger partial charge in [-0.1, -0.05) is 50.2 Å². The Hall–Kier alpha value is -3.01. The number of nitrogens with one attached hydrogen (secondary N) is 1. The van der Waals surface area contributed by atoms with Gasteiger partial charge in [0.25, 0.3) is 0 Å². The molecule has 0 saturated carbocycles. The third kappa shape index (κ3) is 2.40. The van der Waals surface area contributed by atoms with Crippen LogP contribution in [0.3, 0.4) is 0 Å². The molecular weight excluding hydrogens is 353 g/mol. The zero-order valence-electron chi connectivity index (χ0n) is 15.8. The summed E-state index contributed by atoms with van der Waals surface area (Å²) in [5.74, 6) is -0.798. The lowest BCUT2D eigenvalue weighted by molar-refractivity contribution is -0.118. The number of halogens is 1. The summed E-state index contributed by atoms with van der Waals surface area (Å²) >= 11 is 0. The summed E-state index contributed by atoms with van der Waals surface area (Å²) in [6, 6.07) is 13.7. The van der Waals surface area contributed by atoms with E-state index in [1.807, 2.05) is 24.3 Å². The van der Waals surface area contributed by atoms with Crippen molar-refractivity contribution in [3.8, 4) is 0 Å². The molecule has 3 nitrogen and oxygen atoms in total. The van der Waals surface area contributed by atoms with Crippen LogP contribution in [-0.2, 0) is 4.79 Å². The predicted octanol–water partition coefficient (Wildman–Crippen LogP) is 4.76. The summed E-state index contributed by atoms with van der Waals surface area (Å²) in [5.41, 5.74) is 5.09. The topological polar surface area (TPSA) is 46.2 Å². The van der Waals surface area contributed by atoms with Crippen LogP contribution in [-0.4, -0.2) is 11.6 Å². The molecule has 2 aromatic rings. The second kappa shape index (κ2) is 5.74. The summed E-state index contributed by atoms with van der Waals surface area (Å²) in [7, 11) is 0. The second-order valence-electron chi connectivity index (χ2n) is 8.61. The molecule has 1 aliphatic heterocycles. The highest BCUT2D eigenvalue weighted by Gasteiger charge is 2.46. The third-order valence-corrected chi connectivity index (χ3v) is 5.93. The van der Waals surface area contributed by atoms with Crippen LogP contribution < -0.4 is 5.32 Å². The van der Waals surface area contributed by atoms with E-state index >= 15 is 0 Å². The Balaban J connectivity index is 1.75. The van der Waals surface area contributed by atoms with Crippen molar-refractivity contribution in [1.82, 2.24) is 5.32 Å². The number of hydrogen-bond acceptors (Lipinski definition) is 3. The lowest BCUT2D eigenvalue weighted by atomic mass is 9.68. The van der Waals surface area contributed by atoms with Crippen molar-refractivity contribution in [3.05, 3.63) is 87.9 Å². The van der Waals surface area contributed by atoms with E-state index in [4.69, 9.17) is 0 Å². The molecule has 4 heteroatoms. The maximum absolute atomic E-state index is 13.6. The normalized spacial score (nSPS) is 22.6. The molecule has 1 heterocycles. The largest absolute Gasteiger partial charge is 0.358 e. The molecule has 0 amide bonds. The lowest BCUT2D eigenvalue weighted by Crippen LogP contribution is -2.37. The molecular formula is C24H20FNO2. The third-order valence-electron chi connectivity index (χ3n) is 5.93. The fourth-order valence-corrected chi connectivity index (χ4v) is 4.78. The van der Waals surface area contributed by atoms with Gasteiger partial charge in [0.15, 0.2) is 11.6 Å². The van der Waals surface area contributed by atoms with Crippen molar-refractivity contribution >= 4 is 17.3 Å². The van der Waals surface area contributed by atoms with Crippen molar-refractivity contribution in [1.29, 1.82) is 0 Å². The summed E-state index contributed by atoms with van der Waals surface area (Å²) in [6.45, 7) is 4.17. The van der Waals surface area contributed by atoms with E-state index in [0.717, 1.165) is 28.9 Å². The Morgan fingerprint density at radius 2 is 1.61 bits per heavy atom. The summed E-state index contributed by atoms with van der Waals surface area (Å²) in [5, 5.41) is 3.44. The zero-order chi connectivity index (χ0) is 19.6. The van der Waals surface area contributed by atoms with Crippen LogP contribution in [0.1, 0.15) is 54.1 Å². The number of Topliss-reactive ketones (excluding diaryl/α,β-unsaturated/α-hetero) is 2. The van der Waals surface area contributed by atoms with Gasteiger partial charge >= 0.3 is 0 Å². The van der Waals surface area contributed by atoms with E-state index in [2.05, 4.69) is 19.2 Å². The number of hydrogen-bond donors (Lipinski definition) is 1. The van der Waals surface area contributed by atoms with E-state index in [0.29, 0.717) is 23.1 Å². The van der Waals surface area contributed by atoms with Gasteiger partial charge in [-0.25, -0.2) is 4.39 Å². The number of fused-ring (bicyclic) bond motifs is 2. The van der Waals surface area contributed by atoms with Crippen LogP contribution in [0.4, 0.5) is 4.39 Å². The zero-order valence-corrected chi connectivity index (χ0v) is 15.8. The first-order valence-electron chi connectivity index (χ1n) is 9.53. The smallest absolute Gasteiger partial charge is 0.192 e. The highest BCUT2D eigenvalue weighted by molar-refractivity contribution is 6.23. The molecule has 0 spiro atoms. The first-order valence-corrected chi connectivity index (χ1v) is 9.53. The average molecular weight is 373 g/mol. The van der Waals surface area contributed by atoms with Crippen LogP contribution >= 0.6 is 0 Å². The van der Waals surface area contributed by atoms with Crippen molar-refractivity contribution in [2.45, 2.75) is 32.6 Å².